The molecule has 2 aromatic carbocycles. The Labute approximate surface area is 196 Å². The number of rotatable bonds is 6. The van der Waals surface area contributed by atoms with Crippen LogP contribution in [0.25, 0.3) is 0 Å². The van der Waals surface area contributed by atoms with E-state index in [4.69, 9.17) is 9.47 Å². The van der Waals surface area contributed by atoms with E-state index in [2.05, 4.69) is 57.9 Å². The van der Waals surface area contributed by atoms with Gasteiger partial charge in [0.15, 0.2) is 0 Å². The van der Waals surface area contributed by atoms with Gasteiger partial charge in [0.25, 0.3) is 0 Å². The molecule has 0 bridgehead atoms. The maximum atomic E-state index is 10.1. The molecule has 2 aromatic rings. The Kier molecular flexibility index (Phi) is 10.4. The number of hydrogen-bond donors (Lipinski definition) is 2. The molecule has 1 saturated heterocycles. The minimum absolute atomic E-state index is 0.0476. The summed E-state index contributed by atoms with van der Waals surface area (Å²) >= 11 is 1.81. The normalized spacial score (nSPS) is 20.2. The summed E-state index contributed by atoms with van der Waals surface area (Å²) in [6, 6.07) is 16.7. The van der Waals surface area contributed by atoms with Gasteiger partial charge >= 0.3 is 0 Å². The van der Waals surface area contributed by atoms with Crippen molar-refractivity contribution < 1.29 is 14.6 Å². The molecule has 0 amide bonds. The third-order valence-corrected chi connectivity index (χ3v) is 6.80. The van der Waals surface area contributed by atoms with Gasteiger partial charge in [0.05, 0.1) is 13.7 Å². The van der Waals surface area contributed by atoms with Gasteiger partial charge in [0, 0.05) is 42.6 Å². The quantitative estimate of drug-likeness (QED) is 0.510. The van der Waals surface area contributed by atoms with Gasteiger partial charge in [-0.05, 0) is 79.7 Å². The van der Waals surface area contributed by atoms with Crippen LogP contribution in [0.1, 0.15) is 36.3 Å². The van der Waals surface area contributed by atoms with Crippen LogP contribution in [0, 0.1) is 11.8 Å². The number of hydrogen-bond acceptors (Lipinski definition) is 6. The molecule has 2 N–H and O–H groups in total. The molecule has 1 aliphatic heterocycles. The standard InChI is InChI=1S/C26H34N2O3S/c1-30-19-5-6-21-7-9-22(10-8-21)25-15-18-28(17-4-3-16-27-26(25)20-29)32-24-13-11-23(31-2)12-14-24/h7-14,25-27,29H,3-4,15-20H2,1-2H3. The van der Waals surface area contributed by atoms with Crippen LogP contribution in [-0.4, -0.2) is 62.5 Å². The van der Waals surface area contributed by atoms with Crippen LogP contribution in [0.15, 0.2) is 53.4 Å². The van der Waals surface area contributed by atoms with Crippen LogP contribution in [-0.2, 0) is 4.74 Å². The molecule has 0 aliphatic carbocycles. The van der Waals surface area contributed by atoms with E-state index in [9.17, 15) is 5.11 Å². The van der Waals surface area contributed by atoms with Gasteiger partial charge < -0.3 is 19.9 Å². The number of ether oxygens (including phenoxy) is 2. The van der Waals surface area contributed by atoms with Crippen molar-refractivity contribution in [3.8, 4) is 17.6 Å². The highest BCUT2D eigenvalue weighted by Crippen LogP contribution is 2.30. The summed E-state index contributed by atoms with van der Waals surface area (Å²) in [4.78, 5) is 1.22. The number of aliphatic hydroxyl groups excluding tert-OH is 1. The molecule has 2 atom stereocenters. The largest absolute Gasteiger partial charge is 0.497 e. The maximum Gasteiger partial charge on any atom is 0.118 e. The molecule has 6 heteroatoms. The van der Waals surface area contributed by atoms with Gasteiger partial charge in [0.2, 0.25) is 0 Å². The first-order valence-electron chi connectivity index (χ1n) is 11.2. The predicted molar refractivity (Wildman–Crippen MR) is 131 cm³/mol. The lowest BCUT2D eigenvalue weighted by Gasteiger charge is -2.31. The lowest BCUT2D eigenvalue weighted by atomic mass is 9.88. The molecular weight excluding hydrogens is 420 g/mol. The van der Waals surface area contributed by atoms with Crippen molar-refractivity contribution in [3.05, 3.63) is 59.7 Å². The Morgan fingerprint density at radius 1 is 1.06 bits per heavy atom. The zero-order chi connectivity index (χ0) is 22.6. The lowest BCUT2D eigenvalue weighted by Crippen LogP contribution is -2.40. The molecule has 172 valence electrons. The molecule has 32 heavy (non-hydrogen) atoms. The topological polar surface area (TPSA) is 54.0 Å². The maximum absolute atomic E-state index is 10.1. The van der Waals surface area contributed by atoms with Crippen molar-refractivity contribution in [2.24, 2.45) is 0 Å². The van der Waals surface area contributed by atoms with Crippen molar-refractivity contribution >= 4 is 11.9 Å². The van der Waals surface area contributed by atoms with Crippen LogP contribution < -0.4 is 10.1 Å². The van der Waals surface area contributed by atoms with Crippen molar-refractivity contribution in [2.75, 3.05) is 47.1 Å². The SMILES string of the molecule is COCC#Cc1ccc(C2CCN(Sc3ccc(OC)cc3)CCCCNC2CO)cc1. The Bertz CT molecular complexity index is 861. The van der Waals surface area contributed by atoms with E-state index in [1.54, 1.807) is 26.2 Å². The molecule has 1 aliphatic rings. The van der Waals surface area contributed by atoms with Gasteiger partial charge in [-0.25, -0.2) is 4.31 Å². The summed E-state index contributed by atoms with van der Waals surface area (Å²) in [7, 11) is 3.34. The van der Waals surface area contributed by atoms with Crippen LogP contribution in [0.4, 0.5) is 0 Å². The van der Waals surface area contributed by atoms with Crippen LogP contribution in [0.5, 0.6) is 5.75 Å². The molecular formula is C26H34N2O3S. The number of nitrogens with zero attached hydrogens (tertiary/aromatic N) is 1. The molecule has 1 fully saturated rings. The minimum atomic E-state index is 0.0476. The fourth-order valence-corrected chi connectivity index (χ4v) is 4.90. The minimum Gasteiger partial charge on any atom is -0.497 e. The van der Waals surface area contributed by atoms with Crippen LogP contribution >= 0.6 is 11.9 Å². The molecule has 5 nitrogen and oxygen atoms in total. The summed E-state index contributed by atoms with van der Waals surface area (Å²) in [5.41, 5.74) is 2.22. The monoisotopic (exact) mass is 454 g/mol. The Balaban J connectivity index is 1.72. The van der Waals surface area contributed by atoms with Crippen molar-refractivity contribution in [3.63, 3.8) is 0 Å². The molecule has 0 saturated carbocycles. The first kappa shape index (κ1) is 24.6. The highest BCUT2D eigenvalue weighted by atomic mass is 32.2. The van der Waals surface area contributed by atoms with E-state index in [0.29, 0.717) is 6.61 Å². The zero-order valence-corrected chi connectivity index (χ0v) is 19.9. The number of aliphatic hydroxyl groups is 1. The lowest BCUT2D eigenvalue weighted by molar-refractivity contribution is 0.211. The molecule has 0 aromatic heterocycles. The summed E-state index contributed by atoms with van der Waals surface area (Å²) in [6.45, 7) is 3.48. The fraction of sp³-hybridized carbons (Fsp3) is 0.462. The summed E-state index contributed by atoms with van der Waals surface area (Å²) in [5.74, 6) is 7.23. The van der Waals surface area contributed by atoms with E-state index in [-0.39, 0.29) is 18.6 Å². The first-order valence-corrected chi connectivity index (χ1v) is 12.0. The van der Waals surface area contributed by atoms with Crippen molar-refractivity contribution in [2.45, 2.75) is 36.1 Å². The summed E-state index contributed by atoms with van der Waals surface area (Å²) < 4.78 is 12.7. The fourth-order valence-electron chi connectivity index (χ4n) is 3.93. The van der Waals surface area contributed by atoms with E-state index < -0.39 is 0 Å². The predicted octanol–water partition coefficient (Wildman–Crippen LogP) is 3.92. The van der Waals surface area contributed by atoms with E-state index in [1.165, 1.54) is 10.5 Å². The molecule has 0 radical (unpaired) electrons. The Morgan fingerprint density at radius 3 is 2.53 bits per heavy atom. The smallest absolute Gasteiger partial charge is 0.118 e. The number of nitrogens with one attached hydrogen (secondary N) is 1. The van der Waals surface area contributed by atoms with E-state index in [0.717, 1.165) is 50.2 Å². The molecule has 1 heterocycles. The average Bonchev–Trinajstić information content (AvgIpc) is 2.84. The summed E-state index contributed by atoms with van der Waals surface area (Å²) in [6.07, 6.45) is 3.20. The van der Waals surface area contributed by atoms with Gasteiger partial charge in [-0.15, -0.1) is 0 Å². The van der Waals surface area contributed by atoms with Gasteiger partial charge in [0.1, 0.15) is 12.4 Å². The third kappa shape index (κ3) is 7.54. The Hall–Kier alpha value is -2.01. The van der Waals surface area contributed by atoms with E-state index in [1.807, 2.05) is 12.1 Å². The molecule has 2 unspecified atom stereocenters. The molecule has 0 spiro atoms. The second-order valence-electron chi connectivity index (χ2n) is 7.90. The van der Waals surface area contributed by atoms with Crippen LogP contribution in [0.2, 0.25) is 0 Å². The highest BCUT2D eigenvalue weighted by molar-refractivity contribution is 7.97. The number of benzene rings is 2. The summed E-state index contributed by atoms with van der Waals surface area (Å²) in [5, 5.41) is 13.7. The first-order chi connectivity index (χ1) is 15.7. The highest BCUT2D eigenvalue weighted by Gasteiger charge is 2.24. The van der Waals surface area contributed by atoms with E-state index >= 15 is 0 Å². The number of methoxy groups -OCH3 is 2. The van der Waals surface area contributed by atoms with Gasteiger partial charge in [-0.3, -0.25) is 0 Å². The zero-order valence-electron chi connectivity index (χ0n) is 19.0. The van der Waals surface area contributed by atoms with Gasteiger partial charge in [-0.1, -0.05) is 24.0 Å². The second kappa shape index (κ2) is 13.5. The Morgan fingerprint density at radius 2 is 1.84 bits per heavy atom. The van der Waals surface area contributed by atoms with Crippen molar-refractivity contribution in [1.82, 2.24) is 9.62 Å². The second-order valence-corrected chi connectivity index (χ2v) is 9.07. The average molecular weight is 455 g/mol. The van der Waals surface area contributed by atoms with Crippen molar-refractivity contribution in [1.29, 1.82) is 0 Å². The van der Waals surface area contributed by atoms with Crippen LogP contribution in [0.3, 0.4) is 0 Å². The van der Waals surface area contributed by atoms with Gasteiger partial charge in [-0.2, -0.15) is 0 Å². The molecule has 3 rings (SSSR count). The third-order valence-electron chi connectivity index (χ3n) is 5.69.